The van der Waals surface area contributed by atoms with E-state index in [-0.39, 0.29) is 0 Å². The molecule has 1 heteroatoms. The maximum atomic E-state index is 8.93. The average molecular weight is 315 g/mol. The summed E-state index contributed by atoms with van der Waals surface area (Å²) in [5, 5.41) is 11.5. The van der Waals surface area contributed by atoms with E-state index in [1.165, 1.54) is 59.6 Å². The number of allylic oxidation sites excluding steroid dienone is 4. The lowest BCUT2D eigenvalue weighted by atomic mass is 9.79. The van der Waals surface area contributed by atoms with Gasteiger partial charge in [0.1, 0.15) is 0 Å². The van der Waals surface area contributed by atoms with Gasteiger partial charge in [0.2, 0.25) is 0 Å². The molecule has 0 saturated heterocycles. The third-order valence-electron chi connectivity index (χ3n) is 5.71. The topological polar surface area (TPSA) is 23.9 Å². The van der Waals surface area contributed by atoms with Gasteiger partial charge in [-0.05, 0) is 48.2 Å². The number of hydrogen-bond acceptors (Lipinski definition) is 1. The third-order valence-corrected chi connectivity index (χ3v) is 5.71. The Bertz CT molecular complexity index is 834. The summed E-state index contributed by atoms with van der Waals surface area (Å²) in [6.45, 7) is 2.20. The van der Waals surface area contributed by atoms with E-state index in [0.717, 1.165) is 5.71 Å². The Balaban J connectivity index is 1.83. The fourth-order valence-corrected chi connectivity index (χ4v) is 4.28. The summed E-state index contributed by atoms with van der Waals surface area (Å²) in [5.41, 5.74) is 4.73. The minimum Gasteiger partial charge on any atom is -0.304 e. The van der Waals surface area contributed by atoms with Crippen LogP contribution >= 0.6 is 0 Å². The molecule has 1 nitrogen and oxygen atoms in total. The van der Waals surface area contributed by atoms with Crippen LogP contribution in [0.4, 0.5) is 0 Å². The zero-order valence-electron chi connectivity index (χ0n) is 14.4. The van der Waals surface area contributed by atoms with Crippen LogP contribution in [-0.4, -0.2) is 5.71 Å². The minimum atomic E-state index is 0.327. The molecule has 24 heavy (non-hydrogen) atoms. The standard InChI is InChI=1S/C23H25N/c1-16-8-7-13-20(16)21-14-18-11-5-6-12-19(18)15-22(21)23(24)17-9-3-2-4-10-17/h5-8,11-15,17,20,24H,2-4,9-10H2,1H3. The normalized spacial score (nSPS) is 21.2. The van der Waals surface area contributed by atoms with E-state index in [1.54, 1.807) is 0 Å². The SMILES string of the molecule is CC1=CC=CC1c1cc2ccccc2cc1C(=N)C1CCCCC1. The predicted octanol–water partition coefficient (Wildman–Crippen LogP) is 6.39. The molecular formula is C23H25N. The van der Waals surface area contributed by atoms with Crippen LogP contribution in [0.25, 0.3) is 10.8 Å². The molecule has 0 spiro atoms. The van der Waals surface area contributed by atoms with E-state index in [0.29, 0.717) is 11.8 Å². The molecule has 0 aliphatic heterocycles. The Labute approximate surface area is 144 Å². The molecule has 1 N–H and O–H groups in total. The molecule has 0 amide bonds. The molecule has 2 aromatic rings. The minimum absolute atomic E-state index is 0.327. The van der Waals surface area contributed by atoms with Crippen LogP contribution in [0.1, 0.15) is 56.1 Å². The van der Waals surface area contributed by atoms with Crippen molar-refractivity contribution in [2.24, 2.45) is 5.92 Å². The van der Waals surface area contributed by atoms with E-state index in [2.05, 4.69) is 61.5 Å². The van der Waals surface area contributed by atoms with Crippen LogP contribution in [-0.2, 0) is 0 Å². The first-order valence-corrected chi connectivity index (χ1v) is 9.20. The van der Waals surface area contributed by atoms with E-state index in [1.807, 2.05) is 0 Å². The fraction of sp³-hybridized carbons (Fsp3) is 0.348. The summed E-state index contributed by atoms with van der Waals surface area (Å²) in [7, 11) is 0. The Morgan fingerprint density at radius 2 is 1.71 bits per heavy atom. The van der Waals surface area contributed by atoms with Gasteiger partial charge in [0.05, 0.1) is 0 Å². The van der Waals surface area contributed by atoms with Gasteiger partial charge in [0.15, 0.2) is 0 Å². The maximum Gasteiger partial charge on any atom is 0.0420 e. The molecule has 122 valence electrons. The summed E-state index contributed by atoms with van der Waals surface area (Å²) in [6, 6.07) is 13.1. The zero-order valence-corrected chi connectivity index (χ0v) is 14.4. The van der Waals surface area contributed by atoms with E-state index in [4.69, 9.17) is 5.41 Å². The summed E-state index contributed by atoms with van der Waals surface area (Å²) in [5.74, 6) is 0.766. The molecule has 1 fully saturated rings. The number of nitrogens with one attached hydrogen (secondary N) is 1. The van der Waals surface area contributed by atoms with Crippen molar-refractivity contribution in [1.82, 2.24) is 0 Å². The van der Waals surface area contributed by atoms with Gasteiger partial charge < -0.3 is 5.41 Å². The van der Waals surface area contributed by atoms with Gasteiger partial charge in [-0.3, -0.25) is 0 Å². The predicted molar refractivity (Wildman–Crippen MR) is 103 cm³/mol. The molecule has 1 atom stereocenters. The molecule has 0 heterocycles. The molecule has 0 bridgehead atoms. The van der Waals surface area contributed by atoms with Crippen LogP contribution < -0.4 is 0 Å². The second kappa shape index (κ2) is 6.39. The molecular weight excluding hydrogens is 290 g/mol. The summed E-state index contributed by atoms with van der Waals surface area (Å²) < 4.78 is 0. The maximum absolute atomic E-state index is 8.93. The second-order valence-electron chi connectivity index (χ2n) is 7.31. The van der Waals surface area contributed by atoms with Crippen LogP contribution in [0.15, 0.2) is 60.2 Å². The number of hydrogen-bond donors (Lipinski definition) is 1. The van der Waals surface area contributed by atoms with E-state index < -0.39 is 0 Å². The first kappa shape index (κ1) is 15.4. The second-order valence-corrected chi connectivity index (χ2v) is 7.31. The molecule has 2 aromatic carbocycles. The highest BCUT2D eigenvalue weighted by Crippen LogP contribution is 2.37. The Morgan fingerprint density at radius 3 is 2.38 bits per heavy atom. The van der Waals surface area contributed by atoms with Crippen molar-refractivity contribution in [3.05, 3.63) is 71.3 Å². The third kappa shape index (κ3) is 2.73. The quantitative estimate of drug-likeness (QED) is 0.635. The van der Waals surface area contributed by atoms with Crippen molar-refractivity contribution in [2.75, 3.05) is 0 Å². The van der Waals surface area contributed by atoms with Crippen LogP contribution in [0, 0.1) is 11.3 Å². The Hall–Kier alpha value is -2.15. The summed E-state index contributed by atoms with van der Waals surface area (Å²) in [4.78, 5) is 0. The van der Waals surface area contributed by atoms with Crippen molar-refractivity contribution in [3.63, 3.8) is 0 Å². The fourth-order valence-electron chi connectivity index (χ4n) is 4.28. The molecule has 1 unspecified atom stereocenters. The molecule has 0 radical (unpaired) electrons. The van der Waals surface area contributed by atoms with Crippen molar-refractivity contribution in [2.45, 2.75) is 44.9 Å². The molecule has 0 aromatic heterocycles. The lowest BCUT2D eigenvalue weighted by Gasteiger charge is -2.26. The zero-order chi connectivity index (χ0) is 16.5. The number of fused-ring (bicyclic) bond motifs is 1. The van der Waals surface area contributed by atoms with E-state index >= 15 is 0 Å². The molecule has 4 rings (SSSR count). The summed E-state index contributed by atoms with van der Waals surface area (Å²) >= 11 is 0. The van der Waals surface area contributed by atoms with Gasteiger partial charge in [-0.1, -0.05) is 67.3 Å². The highest BCUT2D eigenvalue weighted by molar-refractivity contribution is 6.05. The highest BCUT2D eigenvalue weighted by Gasteiger charge is 2.25. The monoisotopic (exact) mass is 315 g/mol. The number of rotatable bonds is 3. The van der Waals surface area contributed by atoms with Crippen molar-refractivity contribution >= 4 is 16.5 Å². The van der Waals surface area contributed by atoms with Gasteiger partial charge in [-0.15, -0.1) is 0 Å². The molecule has 2 aliphatic carbocycles. The van der Waals surface area contributed by atoms with Gasteiger partial charge in [-0.2, -0.15) is 0 Å². The lowest BCUT2D eigenvalue weighted by Crippen LogP contribution is -2.20. The van der Waals surface area contributed by atoms with E-state index in [9.17, 15) is 0 Å². The number of benzene rings is 2. The van der Waals surface area contributed by atoms with Gasteiger partial charge in [-0.25, -0.2) is 0 Å². The van der Waals surface area contributed by atoms with Gasteiger partial charge in [0.25, 0.3) is 0 Å². The average Bonchev–Trinajstić information content (AvgIpc) is 3.06. The largest absolute Gasteiger partial charge is 0.304 e. The Kier molecular flexibility index (Phi) is 4.10. The van der Waals surface area contributed by atoms with Gasteiger partial charge >= 0.3 is 0 Å². The van der Waals surface area contributed by atoms with Crippen molar-refractivity contribution in [3.8, 4) is 0 Å². The van der Waals surface area contributed by atoms with Crippen molar-refractivity contribution in [1.29, 1.82) is 5.41 Å². The smallest absolute Gasteiger partial charge is 0.0420 e. The molecule has 2 aliphatic rings. The first-order valence-electron chi connectivity index (χ1n) is 9.20. The van der Waals surface area contributed by atoms with Gasteiger partial charge in [0, 0.05) is 23.1 Å². The lowest BCUT2D eigenvalue weighted by molar-refractivity contribution is 0.438. The Morgan fingerprint density at radius 1 is 1.00 bits per heavy atom. The molecule has 1 saturated carbocycles. The van der Waals surface area contributed by atoms with Crippen LogP contribution in [0.5, 0.6) is 0 Å². The van der Waals surface area contributed by atoms with Crippen molar-refractivity contribution < 1.29 is 0 Å². The summed E-state index contributed by atoms with van der Waals surface area (Å²) in [6.07, 6.45) is 12.9. The van der Waals surface area contributed by atoms with Crippen LogP contribution in [0.2, 0.25) is 0 Å². The first-order chi connectivity index (χ1) is 11.7. The van der Waals surface area contributed by atoms with Crippen LogP contribution in [0.3, 0.4) is 0 Å². The highest BCUT2D eigenvalue weighted by atomic mass is 14.5.